The van der Waals surface area contributed by atoms with Gasteiger partial charge in [0, 0.05) is 25.3 Å². The Balaban J connectivity index is 1.79. The van der Waals surface area contributed by atoms with E-state index in [1.165, 1.54) is 0 Å². The molecule has 2 N–H and O–H groups in total. The molecule has 0 aliphatic carbocycles. The minimum atomic E-state index is -0.749. The van der Waals surface area contributed by atoms with E-state index in [0.29, 0.717) is 19.6 Å². The molecule has 6 heteroatoms. The van der Waals surface area contributed by atoms with Crippen molar-refractivity contribution in [2.45, 2.75) is 24.9 Å². The van der Waals surface area contributed by atoms with Crippen LogP contribution in [0.15, 0.2) is 40.9 Å². The third kappa shape index (κ3) is 3.00. The number of amides is 1. The first-order valence-electron chi connectivity index (χ1n) is 7.70. The zero-order valence-electron chi connectivity index (χ0n) is 13.2. The Bertz CT molecular complexity index is 671. The molecule has 2 aromatic rings. The summed E-state index contributed by atoms with van der Waals surface area (Å²) in [5.41, 5.74) is 6.67. The molecule has 0 bridgehead atoms. The summed E-state index contributed by atoms with van der Waals surface area (Å²) in [6.07, 6.45) is 1.62. The van der Waals surface area contributed by atoms with E-state index in [9.17, 15) is 4.79 Å². The van der Waals surface area contributed by atoms with Crippen molar-refractivity contribution in [3.8, 4) is 11.3 Å². The summed E-state index contributed by atoms with van der Waals surface area (Å²) in [5.74, 6) is 0.375. The fourth-order valence-corrected chi connectivity index (χ4v) is 3.24. The highest BCUT2D eigenvalue weighted by Crippen LogP contribution is 2.31. The minimum absolute atomic E-state index is 0.297. The lowest BCUT2D eigenvalue weighted by molar-refractivity contribution is -0.132. The van der Waals surface area contributed by atoms with Crippen molar-refractivity contribution < 1.29 is 14.1 Å². The van der Waals surface area contributed by atoms with Crippen molar-refractivity contribution in [2.24, 2.45) is 5.73 Å². The van der Waals surface area contributed by atoms with Gasteiger partial charge in [0.15, 0.2) is 5.76 Å². The van der Waals surface area contributed by atoms with Crippen molar-refractivity contribution in [3.63, 3.8) is 0 Å². The average Bonchev–Trinajstić information content (AvgIpc) is 3.17. The first-order chi connectivity index (χ1) is 11.2. The van der Waals surface area contributed by atoms with Gasteiger partial charge in [0.05, 0.1) is 12.3 Å². The van der Waals surface area contributed by atoms with E-state index in [-0.39, 0.29) is 5.91 Å². The van der Waals surface area contributed by atoms with Crippen LogP contribution in [0.5, 0.6) is 0 Å². The number of carbonyl (C=O) groups excluding carboxylic acids is 1. The number of primary amides is 1. The van der Waals surface area contributed by atoms with Crippen LogP contribution in [0, 0.1) is 0 Å². The van der Waals surface area contributed by atoms with Crippen LogP contribution in [0.3, 0.4) is 0 Å². The number of aromatic nitrogens is 1. The Morgan fingerprint density at radius 1 is 1.43 bits per heavy atom. The van der Waals surface area contributed by atoms with Crippen LogP contribution < -0.4 is 5.73 Å². The molecule has 1 saturated heterocycles. The molecule has 1 amide bonds. The smallest absolute Gasteiger partial charge is 0.240 e. The predicted octanol–water partition coefficient (Wildman–Crippen LogP) is 1.81. The summed E-state index contributed by atoms with van der Waals surface area (Å²) in [4.78, 5) is 14.0. The number of likely N-dealkylation sites (tertiary alicyclic amines) is 1. The normalized spacial score (nSPS) is 21.6. The largest absolute Gasteiger partial charge is 0.382 e. The van der Waals surface area contributed by atoms with Gasteiger partial charge in [-0.1, -0.05) is 35.5 Å². The number of benzene rings is 1. The van der Waals surface area contributed by atoms with E-state index in [1.54, 1.807) is 7.11 Å². The van der Waals surface area contributed by atoms with Crippen molar-refractivity contribution in [3.05, 3.63) is 42.1 Å². The first-order valence-corrected chi connectivity index (χ1v) is 7.70. The Morgan fingerprint density at radius 2 is 2.22 bits per heavy atom. The highest BCUT2D eigenvalue weighted by atomic mass is 16.5. The molecule has 2 heterocycles. The maximum atomic E-state index is 12.0. The number of nitrogens with two attached hydrogens (primary N) is 1. The quantitative estimate of drug-likeness (QED) is 0.879. The number of hydrogen-bond donors (Lipinski definition) is 1. The van der Waals surface area contributed by atoms with E-state index < -0.39 is 5.54 Å². The average molecular weight is 315 g/mol. The van der Waals surface area contributed by atoms with Gasteiger partial charge in [0.2, 0.25) is 5.91 Å². The van der Waals surface area contributed by atoms with Crippen molar-refractivity contribution >= 4 is 5.91 Å². The van der Waals surface area contributed by atoms with Gasteiger partial charge in [-0.15, -0.1) is 0 Å². The van der Waals surface area contributed by atoms with Gasteiger partial charge >= 0.3 is 0 Å². The summed E-state index contributed by atoms with van der Waals surface area (Å²) < 4.78 is 10.7. The Kier molecular flexibility index (Phi) is 4.45. The molecule has 122 valence electrons. The maximum Gasteiger partial charge on any atom is 0.240 e. The second-order valence-corrected chi connectivity index (χ2v) is 5.90. The molecule has 1 aromatic carbocycles. The Hall–Kier alpha value is -2.18. The zero-order valence-corrected chi connectivity index (χ0v) is 13.2. The lowest BCUT2D eigenvalue weighted by Gasteiger charge is -2.34. The standard InChI is InChI=1S/C17H21N3O3/c1-22-12-17(16(18)21)8-5-9-20(17)11-14-10-15(23-19-14)13-6-3-2-4-7-13/h2-4,6-7,10H,5,8-9,11-12H2,1H3,(H2,18,21). The topological polar surface area (TPSA) is 81.6 Å². The number of ether oxygens (including phenoxy) is 1. The van der Waals surface area contributed by atoms with Gasteiger partial charge in [-0.05, 0) is 19.4 Å². The monoisotopic (exact) mass is 315 g/mol. The van der Waals surface area contributed by atoms with Crippen LogP contribution in [0.25, 0.3) is 11.3 Å². The van der Waals surface area contributed by atoms with Crippen molar-refractivity contribution in [1.82, 2.24) is 10.1 Å². The molecule has 3 rings (SSSR count). The number of rotatable bonds is 6. The van der Waals surface area contributed by atoms with Crippen LogP contribution in [-0.4, -0.2) is 41.8 Å². The Morgan fingerprint density at radius 3 is 2.91 bits per heavy atom. The van der Waals surface area contributed by atoms with Gasteiger partial charge in [0.1, 0.15) is 5.54 Å². The highest BCUT2D eigenvalue weighted by molar-refractivity contribution is 5.85. The molecule has 0 saturated carbocycles. The molecule has 1 atom stereocenters. The molecule has 0 spiro atoms. The molecule has 1 unspecified atom stereocenters. The number of methoxy groups -OCH3 is 1. The van der Waals surface area contributed by atoms with E-state index >= 15 is 0 Å². The lowest BCUT2D eigenvalue weighted by atomic mass is 9.96. The highest BCUT2D eigenvalue weighted by Gasteiger charge is 2.46. The maximum absolute atomic E-state index is 12.0. The van der Waals surface area contributed by atoms with Crippen LogP contribution in [0.2, 0.25) is 0 Å². The fraction of sp³-hybridized carbons (Fsp3) is 0.412. The van der Waals surface area contributed by atoms with Crippen LogP contribution in [0.1, 0.15) is 18.5 Å². The van der Waals surface area contributed by atoms with Gasteiger partial charge in [0.25, 0.3) is 0 Å². The molecule has 0 radical (unpaired) electrons. The molecule has 1 aliphatic heterocycles. The van der Waals surface area contributed by atoms with Gasteiger partial charge in [-0.2, -0.15) is 0 Å². The second-order valence-electron chi connectivity index (χ2n) is 5.90. The number of hydrogen-bond acceptors (Lipinski definition) is 5. The van der Waals surface area contributed by atoms with Crippen molar-refractivity contribution in [2.75, 3.05) is 20.3 Å². The molecular weight excluding hydrogens is 294 g/mol. The molecule has 6 nitrogen and oxygen atoms in total. The summed E-state index contributed by atoms with van der Waals surface area (Å²) >= 11 is 0. The van der Waals surface area contributed by atoms with Gasteiger partial charge < -0.3 is 15.0 Å². The summed E-state index contributed by atoms with van der Waals surface area (Å²) in [7, 11) is 1.59. The van der Waals surface area contributed by atoms with Gasteiger partial charge in [-0.25, -0.2) is 0 Å². The third-order valence-corrected chi connectivity index (χ3v) is 4.44. The summed E-state index contributed by atoms with van der Waals surface area (Å²) in [6.45, 7) is 1.61. The van der Waals surface area contributed by atoms with E-state index in [4.69, 9.17) is 15.0 Å². The summed E-state index contributed by atoms with van der Waals surface area (Å²) in [5, 5.41) is 4.13. The molecular formula is C17H21N3O3. The van der Waals surface area contributed by atoms with Crippen molar-refractivity contribution in [1.29, 1.82) is 0 Å². The minimum Gasteiger partial charge on any atom is -0.382 e. The second kappa shape index (κ2) is 6.52. The molecule has 1 aromatic heterocycles. The summed E-state index contributed by atoms with van der Waals surface area (Å²) in [6, 6.07) is 11.7. The Labute approximate surface area is 135 Å². The van der Waals surface area contributed by atoms with Crippen LogP contribution >= 0.6 is 0 Å². The SMILES string of the molecule is COCC1(C(N)=O)CCCN1Cc1cc(-c2ccccc2)on1. The zero-order chi connectivity index (χ0) is 16.3. The number of carbonyl (C=O) groups is 1. The first kappa shape index (κ1) is 15.7. The molecule has 1 fully saturated rings. The lowest BCUT2D eigenvalue weighted by Crippen LogP contribution is -2.56. The van der Waals surface area contributed by atoms with E-state index in [2.05, 4.69) is 5.16 Å². The van der Waals surface area contributed by atoms with E-state index in [1.807, 2.05) is 41.3 Å². The third-order valence-electron chi connectivity index (χ3n) is 4.44. The fourth-order valence-electron chi connectivity index (χ4n) is 3.24. The molecule has 1 aliphatic rings. The predicted molar refractivity (Wildman–Crippen MR) is 85.4 cm³/mol. The van der Waals surface area contributed by atoms with Gasteiger partial charge in [-0.3, -0.25) is 9.69 Å². The number of nitrogens with zero attached hydrogens (tertiary/aromatic N) is 2. The van der Waals surface area contributed by atoms with Crippen LogP contribution in [0.4, 0.5) is 0 Å². The van der Waals surface area contributed by atoms with E-state index in [0.717, 1.165) is 30.0 Å². The molecule has 23 heavy (non-hydrogen) atoms. The van der Waals surface area contributed by atoms with Crippen LogP contribution in [-0.2, 0) is 16.1 Å².